The van der Waals surface area contributed by atoms with Gasteiger partial charge < -0.3 is 10.6 Å². The van der Waals surface area contributed by atoms with Crippen LogP contribution >= 0.6 is 12.4 Å². The number of nitrogens with zero attached hydrogens (tertiary/aromatic N) is 5. The van der Waals surface area contributed by atoms with E-state index in [0.717, 1.165) is 12.8 Å². The molecule has 0 bridgehead atoms. The van der Waals surface area contributed by atoms with Crippen LogP contribution in [-0.4, -0.2) is 49.9 Å². The lowest BCUT2D eigenvalue weighted by molar-refractivity contribution is -0.384. The molecule has 1 aliphatic rings. The van der Waals surface area contributed by atoms with Gasteiger partial charge >= 0.3 is 0 Å². The lowest BCUT2D eigenvalue weighted by Crippen LogP contribution is -2.45. The lowest BCUT2D eigenvalue weighted by atomic mass is 10.1. The highest BCUT2D eigenvalue weighted by molar-refractivity contribution is 5.92. The van der Waals surface area contributed by atoms with Crippen molar-refractivity contribution in [3.8, 4) is 5.69 Å². The van der Waals surface area contributed by atoms with Crippen LogP contribution in [0.3, 0.4) is 0 Å². The number of hydrogen-bond acceptors (Lipinski definition) is 6. The first-order valence-corrected chi connectivity index (χ1v) is 7.26. The molecule has 9 nitrogen and oxygen atoms in total. The van der Waals surface area contributed by atoms with E-state index in [0.29, 0.717) is 18.8 Å². The topological polar surface area (TPSA) is 120 Å². The van der Waals surface area contributed by atoms with Crippen molar-refractivity contribution in [2.75, 3.05) is 13.1 Å². The summed E-state index contributed by atoms with van der Waals surface area (Å²) in [6.45, 7) is 1.15. The number of non-ortho nitro benzene ring substituents is 1. The van der Waals surface area contributed by atoms with Gasteiger partial charge in [-0.05, 0) is 18.9 Å². The monoisotopic (exact) mass is 352 g/mol. The molecule has 0 spiro atoms. The van der Waals surface area contributed by atoms with E-state index in [4.69, 9.17) is 5.73 Å². The number of benzene rings is 1. The van der Waals surface area contributed by atoms with Crippen molar-refractivity contribution in [1.29, 1.82) is 0 Å². The van der Waals surface area contributed by atoms with Gasteiger partial charge in [-0.25, -0.2) is 4.68 Å². The van der Waals surface area contributed by atoms with E-state index >= 15 is 0 Å². The Kier molecular flexibility index (Phi) is 5.47. The van der Waals surface area contributed by atoms with Crippen LogP contribution in [0.4, 0.5) is 5.69 Å². The molecule has 2 heterocycles. The van der Waals surface area contributed by atoms with Crippen molar-refractivity contribution < 1.29 is 9.72 Å². The van der Waals surface area contributed by atoms with Crippen molar-refractivity contribution in [2.45, 2.75) is 18.9 Å². The number of aromatic nitrogens is 3. The Hall–Kier alpha value is -2.52. The lowest BCUT2D eigenvalue weighted by Gasteiger charge is -2.29. The van der Waals surface area contributed by atoms with Crippen LogP contribution in [0.15, 0.2) is 30.5 Å². The minimum Gasteiger partial charge on any atom is -0.336 e. The van der Waals surface area contributed by atoms with Crippen LogP contribution in [0, 0.1) is 10.1 Å². The number of carbonyl (C=O) groups excluding carboxylic acids is 1. The number of carbonyl (C=O) groups is 1. The maximum Gasteiger partial charge on any atom is 0.276 e. The highest BCUT2D eigenvalue weighted by Crippen LogP contribution is 2.17. The third-order valence-electron chi connectivity index (χ3n) is 3.76. The second-order valence-electron chi connectivity index (χ2n) is 5.48. The predicted molar refractivity (Wildman–Crippen MR) is 88.4 cm³/mol. The second-order valence-corrected chi connectivity index (χ2v) is 5.48. The molecule has 1 amide bonds. The number of amides is 1. The highest BCUT2D eigenvalue weighted by Gasteiger charge is 2.24. The molecular weight excluding hydrogens is 336 g/mol. The summed E-state index contributed by atoms with van der Waals surface area (Å²) in [6.07, 6.45) is 3.25. The van der Waals surface area contributed by atoms with Crippen molar-refractivity contribution in [2.24, 2.45) is 5.73 Å². The van der Waals surface area contributed by atoms with Crippen LogP contribution in [0.2, 0.25) is 0 Å². The Morgan fingerprint density at radius 3 is 2.92 bits per heavy atom. The van der Waals surface area contributed by atoms with E-state index < -0.39 is 4.92 Å². The van der Waals surface area contributed by atoms with Crippen molar-refractivity contribution in [1.82, 2.24) is 19.9 Å². The van der Waals surface area contributed by atoms with E-state index in [1.807, 2.05) is 0 Å². The molecule has 2 aromatic rings. The summed E-state index contributed by atoms with van der Waals surface area (Å²) >= 11 is 0. The number of hydrogen-bond donors (Lipinski definition) is 1. The smallest absolute Gasteiger partial charge is 0.276 e. The first kappa shape index (κ1) is 17.8. The SMILES string of the molecule is Cl.NC1CCCN(C(=O)c2cn(-c3cccc([N+](=O)[O-])c3)nn2)C1. The van der Waals surface area contributed by atoms with E-state index in [-0.39, 0.29) is 35.7 Å². The third-order valence-corrected chi connectivity index (χ3v) is 3.76. The fourth-order valence-corrected chi connectivity index (χ4v) is 2.59. The molecule has 1 unspecified atom stereocenters. The third kappa shape index (κ3) is 3.69. The number of nitro benzene ring substituents is 1. The molecule has 3 rings (SSSR count). The summed E-state index contributed by atoms with van der Waals surface area (Å²) in [5.41, 5.74) is 6.51. The van der Waals surface area contributed by atoms with Gasteiger partial charge in [0.15, 0.2) is 5.69 Å². The van der Waals surface area contributed by atoms with E-state index in [1.54, 1.807) is 17.0 Å². The molecule has 1 atom stereocenters. The maximum absolute atomic E-state index is 12.4. The van der Waals surface area contributed by atoms with Gasteiger partial charge in [-0.1, -0.05) is 11.3 Å². The van der Waals surface area contributed by atoms with Crippen LogP contribution in [0.25, 0.3) is 5.69 Å². The van der Waals surface area contributed by atoms with Gasteiger partial charge in [0.05, 0.1) is 16.8 Å². The maximum atomic E-state index is 12.4. The van der Waals surface area contributed by atoms with Gasteiger partial charge in [-0.2, -0.15) is 0 Å². The molecule has 128 valence electrons. The first-order chi connectivity index (χ1) is 11.0. The molecular formula is C14H17ClN6O3. The van der Waals surface area contributed by atoms with Crippen LogP contribution in [-0.2, 0) is 0 Å². The number of nitrogens with two attached hydrogens (primary N) is 1. The fraction of sp³-hybridized carbons (Fsp3) is 0.357. The molecule has 1 saturated heterocycles. The van der Waals surface area contributed by atoms with Crippen molar-refractivity contribution in [3.63, 3.8) is 0 Å². The number of piperidine rings is 1. The van der Waals surface area contributed by atoms with Crippen LogP contribution in [0.5, 0.6) is 0 Å². The van der Waals surface area contributed by atoms with Gasteiger partial charge in [0, 0.05) is 31.3 Å². The molecule has 1 fully saturated rings. The number of nitro groups is 1. The van der Waals surface area contributed by atoms with Gasteiger partial charge in [-0.3, -0.25) is 14.9 Å². The molecule has 0 radical (unpaired) electrons. The fourth-order valence-electron chi connectivity index (χ4n) is 2.59. The zero-order valence-corrected chi connectivity index (χ0v) is 13.6. The summed E-state index contributed by atoms with van der Waals surface area (Å²) in [4.78, 5) is 24.4. The van der Waals surface area contributed by atoms with E-state index in [2.05, 4.69) is 10.3 Å². The summed E-state index contributed by atoms with van der Waals surface area (Å²) in [5, 5.41) is 18.6. The second kappa shape index (κ2) is 7.37. The Bertz CT molecular complexity index is 750. The van der Waals surface area contributed by atoms with Crippen molar-refractivity contribution in [3.05, 3.63) is 46.3 Å². The standard InChI is InChI=1S/C14H16N6O3.ClH/c15-10-3-2-6-18(8-10)14(21)13-9-19(17-16-13)11-4-1-5-12(7-11)20(22)23;/h1,4-5,7,9-10H,2-3,6,8,15H2;1H. The zero-order chi connectivity index (χ0) is 16.4. The molecule has 24 heavy (non-hydrogen) atoms. The average molecular weight is 353 g/mol. The Balaban J connectivity index is 0.00000208. The minimum absolute atomic E-state index is 0. The number of likely N-dealkylation sites (tertiary alicyclic amines) is 1. The van der Waals surface area contributed by atoms with Crippen LogP contribution < -0.4 is 5.73 Å². The Labute approximate surface area is 144 Å². The Morgan fingerprint density at radius 2 is 2.21 bits per heavy atom. The molecule has 2 N–H and O–H groups in total. The highest BCUT2D eigenvalue weighted by atomic mass is 35.5. The molecule has 10 heteroatoms. The quantitative estimate of drug-likeness (QED) is 0.653. The van der Waals surface area contributed by atoms with E-state index in [1.165, 1.54) is 23.0 Å². The zero-order valence-electron chi connectivity index (χ0n) is 12.7. The van der Waals surface area contributed by atoms with Gasteiger partial charge in [0.1, 0.15) is 0 Å². The summed E-state index contributed by atoms with van der Waals surface area (Å²) < 4.78 is 1.35. The largest absolute Gasteiger partial charge is 0.336 e. The normalized spacial score (nSPS) is 17.2. The van der Waals surface area contributed by atoms with Gasteiger partial charge in [0.25, 0.3) is 11.6 Å². The number of halogens is 1. The molecule has 1 aromatic carbocycles. The summed E-state index contributed by atoms with van der Waals surface area (Å²) in [7, 11) is 0. The van der Waals surface area contributed by atoms with Crippen LogP contribution in [0.1, 0.15) is 23.3 Å². The van der Waals surface area contributed by atoms with Gasteiger partial charge in [-0.15, -0.1) is 17.5 Å². The molecule has 0 aliphatic carbocycles. The predicted octanol–water partition coefficient (Wildman–Crippen LogP) is 1.16. The average Bonchev–Trinajstić information content (AvgIpc) is 3.04. The molecule has 1 aromatic heterocycles. The van der Waals surface area contributed by atoms with Crippen molar-refractivity contribution >= 4 is 24.0 Å². The summed E-state index contributed by atoms with van der Waals surface area (Å²) in [6, 6.07) is 5.97. The van der Waals surface area contributed by atoms with E-state index in [9.17, 15) is 14.9 Å². The first-order valence-electron chi connectivity index (χ1n) is 7.26. The summed E-state index contributed by atoms with van der Waals surface area (Å²) in [5.74, 6) is -0.225. The molecule has 0 saturated carbocycles. The van der Waals surface area contributed by atoms with Gasteiger partial charge in [0.2, 0.25) is 0 Å². The number of rotatable bonds is 3. The molecule has 1 aliphatic heterocycles. The Morgan fingerprint density at radius 1 is 1.42 bits per heavy atom. The minimum atomic E-state index is -0.485.